The molecule has 40 valence electrons. The van der Waals surface area contributed by atoms with Gasteiger partial charge >= 0.3 is 6.11 Å². The Morgan fingerprint density at radius 3 is 2.00 bits per heavy atom. The van der Waals surface area contributed by atoms with Crippen molar-refractivity contribution in [3.05, 3.63) is 12.1 Å². The summed E-state index contributed by atoms with van der Waals surface area (Å²) < 4.78 is 37.2. The molecular formula is C3HF3O. The van der Waals surface area contributed by atoms with Gasteiger partial charge in [0.25, 0.3) is 0 Å². The summed E-state index contributed by atoms with van der Waals surface area (Å²) in [6, 6.07) is 0. The Balaban J connectivity index is 2.68. The lowest BCUT2D eigenvalue weighted by Crippen LogP contribution is -2.26. The van der Waals surface area contributed by atoms with Crippen LogP contribution in [0.3, 0.4) is 0 Å². The molecule has 0 amide bonds. The lowest BCUT2D eigenvalue weighted by Gasteiger charge is -2.19. The van der Waals surface area contributed by atoms with E-state index in [2.05, 4.69) is 4.74 Å². The number of halogens is 3. The van der Waals surface area contributed by atoms with Gasteiger partial charge in [-0.25, -0.2) is 0 Å². The van der Waals surface area contributed by atoms with E-state index in [1.165, 1.54) is 0 Å². The molecule has 1 heterocycles. The first kappa shape index (κ1) is 4.49. The molecule has 0 fully saturated rings. The van der Waals surface area contributed by atoms with Gasteiger partial charge < -0.3 is 4.74 Å². The summed E-state index contributed by atoms with van der Waals surface area (Å²) in [4.78, 5) is 0. The van der Waals surface area contributed by atoms with Crippen molar-refractivity contribution in [2.24, 2.45) is 0 Å². The maximum atomic E-state index is 11.3. The molecule has 1 aliphatic heterocycles. The summed E-state index contributed by atoms with van der Waals surface area (Å²) in [5.41, 5.74) is 0. The monoisotopic (exact) mass is 110 g/mol. The summed E-state index contributed by atoms with van der Waals surface area (Å²) in [6.45, 7) is 0. The predicted molar refractivity (Wildman–Crippen MR) is 15.2 cm³/mol. The van der Waals surface area contributed by atoms with Crippen LogP contribution in [0.5, 0.6) is 0 Å². The van der Waals surface area contributed by atoms with E-state index < -0.39 is 11.9 Å². The third-order valence-electron chi connectivity index (χ3n) is 0.588. The van der Waals surface area contributed by atoms with Crippen molar-refractivity contribution in [3.63, 3.8) is 0 Å². The molecule has 0 spiro atoms. The van der Waals surface area contributed by atoms with Crippen LogP contribution in [0.25, 0.3) is 0 Å². The Hall–Kier alpha value is -0.670. The molecule has 0 saturated heterocycles. The highest BCUT2D eigenvalue weighted by atomic mass is 19.3. The fourth-order valence-electron chi connectivity index (χ4n) is 0.193. The quantitative estimate of drug-likeness (QED) is 0.458. The molecule has 0 unspecified atom stereocenters. The molecule has 0 bridgehead atoms. The van der Waals surface area contributed by atoms with Crippen LogP contribution in [0.1, 0.15) is 0 Å². The summed E-state index contributed by atoms with van der Waals surface area (Å²) >= 11 is 0. The minimum atomic E-state index is -3.62. The van der Waals surface area contributed by atoms with E-state index >= 15 is 0 Å². The lowest BCUT2D eigenvalue weighted by atomic mass is 10.5. The van der Waals surface area contributed by atoms with E-state index in [0.29, 0.717) is 6.26 Å². The fraction of sp³-hybridized carbons (Fsp3) is 0.333. The van der Waals surface area contributed by atoms with Gasteiger partial charge in [-0.2, -0.15) is 13.2 Å². The van der Waals surface area contributed by atoms with Crippen molar-refractivity contribution in [1.29, 1.82) is 0 Å². The second kappa shape index (κ2) is 0.936. The first-order valence-corrected chi connectivity index (χ1v) is 1.55. The van der Waals surface area contributed by atoms with Gasteiger partial charge in [0, 0.05) is 0 Å². The molecular weight excluding hydrogens is 109 g/mol. The van der Waals surface area contributed by atoms with Crippen molar-refractivity contribution in [2.75, 3.05) is 0 Å². The van der Waals surface area contributed by atoms with Crippen molar-refractivity contribution in [3.8, 4) is 0 Å². The fourth-order valence-corrected chi connectivity index (χ4v) is 0.193. The van der Waals surface area contributed by atoms with Crippen LogP contribution in [0.4, 0.5) is 13.2 Å². The van der Waals surface area contributed by atoms with E-state index in [1.807, 2.05) is 0 Å². The summed E-state index contributed by atoms with van der Waals surface area (Å²) in [7, 11) is 0. The van der Waals surface area contributed by atoms with Crippen LogP contribution in [0.2, 0.25) is 0 Å². The zero-order valence-electron chi connectivity index (χ0n) is 3.12. The Bertz CT molecular complexity index is 117. The molecule has 1 aliphatic rings. The molecule has 0 atom stereocenters. The van der Waals surface area contributed by atoms with Crippen molar-refractivity contribution >= 4 is 0 Å². The zero-order valence-corrected chi connectivity index (χ0v) is 3.12. The highest BCUT2D eigenvalue weighted by molar-refractivity contribution is 5.04. The van der Waals surface area contributed by atoms with Gasteiger partial charge in [0.1, 0.15) is 6.26 Å². The van der Waals surface area contributed by atoms with Gasteiger partial charge in [0.2, 0.25) is 5.83 Å². The lowest BCUT2D eigenvalue weighted by molar-refractivity contribution is -0.223. The Morgan fingerprint density at radius 1 is 1.57 bits per heavy atom. The van der Waals surface area contributed by atoms with Crippen LogP contribution < -0.4 is 0 Å². The molecule has 7 heavy (non-hydrogen) atoms. The first-order valence-electron chi connectivity index (χ1n) is 1.55. The van der Waals surface area contributed by atoms with Gasteiger partial charge in [-0.15, -0.1) is 0 Å². The highest BCUT2D eigenvalue weighted by Gasteiger charge is 2.45. The topological polar surface area (TPSA) is 9.23 Å². The SMILES string of the molecule is FC1=COC1(F)F. The van der Waals surface area contributed by atoms with Crippen molar-refractivity contribution < 1.29 is 17.9 Å². The second-order valence-corrected chi connectivity index (χ2v) is 1.10. The molecule has 0 aromatic carbocycles. The number of alkyl halides is 2. The predicted octanol–water partition coefficient (Wildman–Crippen LogP) is 1.42. The van der Waals surface area contributed by atoms with E-state index in [1.54, 1.807) is 0 Å². The molecule has 0 radical (unpaired) electrons. The van der Waals surface area contributed by atoms with E-state index in [4.69, 9.17) is 0 Å². The maximum absolute atomic E-state index is 11.3. The van der Waals surface area contributed by atoms with Gasteiger partial charge in [-0.1, -0.05) is 0 Å². The van der Waals surface area contributed by atoms with Gasteiger partial charge in [-0.3, -0.25) is 0 Å². The zero-order chi connectivity index (χ0) is 5.49. The average Bonchev–Trinajstić information content (AvgIpc) is 1.63. The van der Waals surface area contributed by atoms with E-state index in [0.717, 1.165) is 0 Å². The second-order valence-electron chi connectivity index (χ2n) is 1.10. The molecule has 4 heteroatoms. The minimum absolute atomic E-state index is 0.375. The Kier molecular flexibility index (Phi) is 0.600. The van der Waals surface area contributed by atoms with Crippen molar-refractivity contribution in [2.45, 2.75) is 6.11 Å². The Labute approximate surface area is 37.4 Å². The van der Waals surface area contributed by atoms with Crippen LogP contribution in [-0.2, 0) is 4.74 Å². The standard InChI is InChI=1S/C3HF3O/c4-2-1-7-3(2,5)6/h1H. The molecule has 0 aromatic heterocycles. The summed E-state index contributed by atoms with van der Waals surface area (Å²) in [5, 5.41) is 0. The molecule has 1 nitrogen and oxygen atoms in total. The van der Waals surface area contributed by atoms with E-state index in [-0.39, 0.29) is 0 Å². The summed E-state index contributed by atoms with van der Waals surface area (Å²) in [6.07, 6.45) is -3.25. The van der Waals surface area contributed by atoms with E-state index in [9.17, 15) is 13.2 Å². The molecule has 0 aliphatic carbocycles. The number of ether oxygens (including phenoxy) is 1. The van der Waals surface area contributed by atoms with Gasteiger partial charge in [0.15, 0.2) is 0 Å². The minimum Gasteiger partial charge on any atom is -0.432 e. The van der Waals surface area contributed by atoms with Crippen LogP contribution in [-0.4, -0.2) is 6.11 Å². The maximum Gasteiger partial charge on any atom is 0.456 e. The average molecular weight is 110 g/mol. The molecule has 0 N–H and O–H groups in total. The van der Waals surface area contributed by atoms with Crippen molar-refractivity contribution in [1.82, 2.24) is 0 Å². The molecule has 0 aromatic rings. The molecule has 0 saturated carbocycles. The van der Waals surface area contributed by atoms with Crippen LogP contribution in [0.15, 0.2) is 12.1 Å². The molecule has 1 rings (SSSR count). The number of hydrogen-bond acceptors (Lipinski definition) is 1. The normalized spacial score (nSPS) is 24.7. The number of hydrogen-bond donors (Lipinski definition) is 0. The largest absolute Gasteiger partial charge is 0.456 e. The Morgan fingerprint density at radius 2 is 2.00 bits per heavy atom. The van der Waals surface area contributed by atoms with Crippen LogP contribution >= 0.6 is 0 Å². The number of rotatable bonds is 0. The third kappa shape index (κ3) is 0.460. The highest BCUT2D eigenvalue weighted by Crippen LogP contribution is 2.34. The summed E-state index contributed by atoms with van der Waals surface area (Å²) in [5.74, 6) is -1.51. The smallest absolute Gasteiger partial charge is 0.432 e. The first-order chi connectivity index (χ1) is 3.13. The third-order valence-corrected chi connectivity index (χ3v) is 0.588. The van der Waals surface area contributed by atoms with Crippen LogP contribution in [0, 0.1) is 0 Å². The van der Waals surface area contributed by atoms with Gasteiger partial charge in [-0.05, 0) is 0 Å². The van der Waals surface area contributed by atoms with Gasteiger partial charge in [0.05, 0.1) is 0 Å².